The lowest BCUT2D eigenvalue weighted by atomic mass is 9.96. The van der Waals surface area contributed by atoms with Crippen molar-refractivity contribution in [2.75, 3.05) is 18.4 Å². The highest BCUT2D eigenvalue weighted by molar-refractivity contribution is 5.89. The molecular formula is C18H20FN3O3. The van der Waals surface area contributed by atoms with Gasteiger partial charge in [-0.1, -0.05) is 0 Å². The molecule has 0 unspecified atom stereocenters. The Morgan fingerprint density at radius 3 is 2.52 bits per heavy atom. The first-order valence-corrected chi connectivity index (χ1v) is 8.23. The molecule has 1 saturated heterocycles. The van der Waals surface area contributed by atoms with Crippen molar-refractivity contribution in [3.05, 3.63) is 54.2 Å². The summed E-state index contributed by atoms with van der Waals surface area (Å²) in [5.41, 5.74) is 0.546. The van der Waals surface area contributed by atoms with E-state index in [1.807, 2.05) is 6.07 Å². The summed E-state index contributed by atoms with van der Waals surface area (Å²) in [7, 11) is 0. The van der Waals surface area contributed by atoms with Crippen LogP contribution in [0.5, 0.6) is 0 Å². The SMILES string of the molecule is O=C(NCc1ccco1)C1CCN(C(=O)Nc2ccc(F)cc2)CC1. The highest BCUT2D eigenvalue weighted by Crippen LogP contribution is 2.19. The summed E-state index contributed by atoms with van der Waals surface area (Å²) in [6.07, 6.45) is 2.79. The monoisotopic (exact) mass is 345 g/mol. The van der Waals surface area contributed by atoms with Gasteiger partial charge in [0.05, 0.1) is 12.8 Å². The maximum Gasteiger partial charge on any atom is 0.321 e. The third-order valence-electron chi connectivity index (χ3n) is 4.27. The number of piperidine rings is 1. The van der Waals surface area contributed by atoms with Gasteiger partial charge in [0.25, 0.3) is 0 Å². The van der Waals surface area contributed by atoms with Crippen molar-refractivity contribution in [1.29, 1.82) is 0 Å². The number of nitrogens with one attached hydrogen (secondary N) is 2. The molecule has 0 radical (unpaired) electrons. The Balaban J connectivity index is 1.43. The maximum atomic E-state index is 12.9. The summed E-state index contributed by atoms with van der Waals surface area (Å²) in [6, 6.07) is 8.98. The molecule has 1 aliphatic rings. The molecule has 25 heavy (non-hydrogen) atoms. The average molecular weight is 345 g/mol. The second-order valence-electron chi connectivity index (χ2n) is 6.00. The van der Waals surface area contributed by atoms with Crippen LogP contribution in [0.4, 0.5) is 14.9 Å². The van der Waals surface area contributed by atoms with Crippen molar-refractivity contribution in [3.8, 4) is 0 Å². The minimum Gasteiger partial charge on any atom is -0.467 e. The van der Waals surface area contributed by atoms with Crippen molar-refractivity contribution in [2.45, 2.75) is 19.4 Å². The van der Waals surface area contributed by atoms with E-state index in [9.17, 15) is 14.0 Å². The lowest BCUT2D eigenvalue weighted by molar-refractivity contribution is -0.126. The fourth-order valence-corrected chi connectivity index (χ4v) is 2.81. The van der Waals surface area contributed by atoms with E-state index in [2.05, 4.69) is 10.6 Å². The largest absolute Gasteiger partial charge is 0.467 e. The summed E-state index contributed by atoms with van der Waals surface area (Å²) >= 11 is 0. The Labute approximate surface area is 145 Å². The van der Waals surface area contributed by atoms with E-state index in [1.54, 1.807) is 17.2 Å². The fraction of sp³-hybridized carbons (Fsp3) is 0.333. The van der Waals surface area contributed by atoms with E-state index < -0.39 is 0 Å². The van der Waals surface area contributed by atoms with Crippen LogP contribution >= 0.6 is 0 Å². The molecule has 3 amide bonds. The Hall–Kier alpha value is -2.83. The van der Waals surface area contributed by atoms with Gasteiger partial charge in [-0.25, -0.2) is 9.18 Å². The van der Waals surface area contributed by atoms with Gasteiger partial charge in [0, 0.05) is 24.7 Å². The van der Waals surface area contributed by atoms with Gasteiger partial charge in [-0.15, -0.1) is 0 Å². The molecule has 1 aliphatic heterocycles. The third kappa shape index (κ3) is 4.59. The third-order valence-corrected chi connectivity index (χ3v) is 4.27. The number of nitrogens with zero attached hydrogens (tertiary/aromatic N) is 1. The van der Waals surface area contributed by atoms with Crippen LogP contribution in [0.2, 0.25) is 0 Å². The van der Waals surface area contributed by atoms with Crippen molar-refractivity contribution in [3.63, 3.8) is 0 Å². The van der Waals surface area contributed by atoms with Crippen molar-refractivity contribution in [1.82, 2.24) is 10.2 Å². The minimum absolute atomic E-state index is 0.0185. The zero-order valence-corrected chi connectivity index (χ0v) is 13.7. The normalized spacial score (nSPS) is 15.0. The number of furan rings is 1. The Bertz CT molecular complexity index is 708. The number of hydrogen-bond acceptors (Lipinski definition) is 3. The summed E-state index contributed by atoms with van der Waals surface area (Å²) in [6.45, 7) is 1.38. The molecule has 6 nitrogen and oxygen atoms in total. The lowest BCUT2D eigenvalue weighted by Gasteiger charge is -2.31. The van der Waals surface area contributed by atoms with Crippen molar-refractivity contribution < 1.29 is 18.4 Å². The molecule has 3 rings (SSSR count). The molecule has 2 N–H and O–H groups in total. The predicted molar refractivity (Wildman–Crippen MR) is 90.3 cm³/mol. The van der Waals surface area contributed by atoms with Crippen molar-refractivity contribution in [2.24, 2.45) is 5.92 Å². The molecule has 0 saturated carbocycles. The first-order chi connectivity index (χ1) is 12.1. The highest BCUT2D eigenvalue weighted by Gasteiger charge is 2.27. The molecule has 0 bridgehead atoms. The Morgan fingerprint density at radius 1 is 1.16 bits per heavy atom. The van der Waals surface area contributed by atoms with Crippen LogP contribution in [0.15, 0.2) is 47.1 Å². The molecular weight excluding hydrogens is 325 g/mol. The van der Waals surface area contributed by atoms with Crippen LogP contribution in [0.1, 0.15) is 18.6 Å². The second-order valence-corrected chi connectivity index (χ2v) is 6.00. The summed E-state index contributed by atoms with van der Waals surface area (Å²) < 4.78 is 18.1. The lowest BCUT2D eigenvalue weighted by Crippen LogP contribution is -2.44. The fourth-order valence-electron chi connectivity index (χ4n) is 2.81. The van der Waals surface area contributed by atoms with E-state index in [1.165, 1.54) is 24.3 Å². The zero-order chi connectivity index (χ0) is 17.6. The molecule has 0 spiro atoms. The number of benzene rings is 1. The first-order valence-electron chi connectivity index (χ1n) is 8.23. The topological polar surface area (TPSA) is 74.6 Å². The molecule has 1 aromatic carbocycles. The van der Waals surface area contributed by atoms with Gasteiger partial charge in [0.1, 0.15) is 11.6 Å². The number of carbonyl (C=O) groups excluding carboxylic acids is 2. The molecule has 1 aromatic heterocycles. The summed E-state index contributed by atoms with van der Waals surface area (Å²) in [4.78, 5) is 26.1. The van der Waals surface area contributed by atoms with E-state index in [4.69, 9.17) is 4.42 Å². The standard InChI is InChI=1S/C18H20FN3O3/c19-14-3-5-15(6-4-14)21-18(24)22-9-7-13(8-10-22)17(23)20-12-16-2-1-11-25-16/h1-6,11,13H,7-10,12H2,(H,20,23)(H,21,24). The van der Waals surface area contributed by atoms with Gasteiger partial charge >= 0.3 is 6.03 Å². The van der Waals surface area contributed by atoms with Gasteiger partial charge in [-0.3, -0.25) is 4.79 Å². The first kappa shape index (κ1) is 17.0. The number of carbonyl (C=O) groups is 2. The summed E-state index contributed by atoms with van der Waals surface area (Å²) in [5, 5.41) is 5.59. The minimum atomic E-state index is -0.348. The van der Waals surface area contributed by atoms with Crippen LogP contribution in [-0.4, -0.2) is 29.9 Å². The molecule has 2 heterocycles. The number of amides is 3. The van der Waals surface area contributed by atoms with Gasteiger partial charge < -0.3 is 20.0 Å². The van der Waals surface area contributed by atoms with Gasteiger partial charge in [0.15, 0.2) is 0 Å². The smallest absolute Gasteiger partial charge is 0.321 e. The van der Waals surface area contributed by atoms with Crippen LogP contribution in [0, 0.1) is 11.7 Å². The number of rotatable bonds is 4. The molecule has 7 heteroatoms. The van der Waals surface area contributed by atoms with Gasteiger partial charge in [-0.2, -0.15) is 0 Å². The number of anilines is 1. The second kappa shape index (κ2) is 7.83. The van der Waals surface area contributed by atoms with E-state index in [0.29, 0.717) is 43.9 Å². The maximum absolute atomic E-state index is 12.9. The predicted octanol–water partition coefficient (Wildman–Crippen LogP) is 2.98. The number of likely N-dealkylation sites (tertiary alicyclic amines) is 1. The summed E-state index contributed by atoms with van der Waals surface area (Å²) in [5.74, 6) is 0.240. The molecule has 132 valence electrons. The molecule has 0 aliphatic carbocycles. The van der Waals surface area contributed by atoms with E-state index in [-0.39, 0.29) is 23.7 Å². The van der Waals surface area contributed by atoms with E-state index >= 15 is 0 Å². The van der Waals surface area contributed by atoms with E-state index in [0.717, 1.165) is 0 Å². The van der Waals surface area contributed by atoms with Crippen LogP contribution in [0.3, 0.4) is 0 Å². The van der Waals surface area contributed by atoms with Gasteiger partial charge in [-0.05, 0) is 49.2 Å². The van der Waals surface area contributed by atoms with Crippen molar-refractivity contribution >= 4 is 17.6 Å². The Morgan fingerprint density at radius 2 is 1.88 bits per heavy atom. The average Bonchev–Trinajstić information content (AvgIpc) is 3.15. The van der Waals surface area contributed by atoms with Crippen LogP contribution in [-0.2, 0) is 11.3 Å². The molecule has 0 atom stereocenters. The highest BCUT2D eigenvalue weighted by atomic mass is 19.1. The van der Waals surface area contributed by atoms with Gasteiger partial charge in [0.2, 0.25) is 5.91 Å². The number of halogens is 1. The molecule has 1 fully saturated rings. The zero-order valence-electron chi connectivity index (χ0n) is 13.7. The quantitative estimate of drug-likeness (QED) is 0.895. The molecule has 2 aromatic rings. The number of hydrogen-bond donors (Lipinski definition) is 2. The Kier molecular flexibility index (Phi) is 5.33. The van der Waals surface area contributed by atoms with Crippen LogP contribution < -0.4 is 10.6 Å². The van der Waals surface area contributed by atoms with Crippen LogP contribution in [0.25, 0.3) is 0 Å². The number of urea groups is 1.